The van der Waals surface area contributed by atoms with E-state index < -0.39 is 30.5 Å². The summed E-state index contributed by atoms with van der Waals surface area (Å²) in [5.41, 5.74) is -0.0345. The number of amides is 2. The number of nitrogens with zero attached hydrogens (tertiary/aromatic N) is 6. The van der Waals surface area contributed by atoms with Crippen LogP contribution in [0.1, 0.15) is 18.4 Å². The molecule has 0 spiro atoms. The first-order valence-electron chi connectivity index (χ1n) is 11.9. The molecule has 1 aromatic carbocycles. The van der Waals surface area contributed by atoms with Crippen molar-refractivity contribution in [3.8, 4) is 17.4 Å². The minimum absolute atomic E-state index is 0.0639. The highest BCUT2D eigenvalue weighted by atomic mass is 19.4. The van der Waals surface area contributed by atoms with Gasteiger partial charge in [0.25, 0.3) is 0 Å². The highest BCUT2D eigenvalue weighted by Gasteiger charge is 2.39. The lowest BCUT2D eigenvalue weighted by atomic mass is 10.0. The number of halogens is 3. The predicted molar refractivity (Wildman–Crippen MR) is 130 cm³/mol. The number of hydrogen-bond acceptors (Lipinski definition) is 9. The summed E-state index contributed by atoms with van der Waals surface area (Å²) in [6, 6.07) is 5.32. The normalized spacial score (nSPS) is 17.6. The maximum Gasteiger partial charge on any atom is 0.416 e. The number of aromatic nitrogens is 4. The molecule has 1 saturated heterocycles. The van der Waals surface area contributed by atoms with E-state index >= 15 is 0 Å². The number of benzene rings is 1. The van der Waals surface area contributed by atoms with Crippen LogP contribution in [0.4, 0.5) is 35.3 Å². The van der Waals surface area contributed by atoms with Crippen molar-refractivity contribution >= 4 is 23.4 Å². The topological polar surface area (TPSA) is 137 Å². The van der Waals surface area contributed by atoms with Crippen LogP contribution in [-0.2, 0) is 6.18 Å². The van der Waals surface area contributed by atoms with Gasteiger partial charge >= 0.3 is 18.2 Å². The van der Waals surface area contributed by atoms with E-state index in [0.29, 0.717) is 18.7 Å². The molecule has 200 valence electrons. The summed E-state index contributed by atoms with van der Waals surface area (Å²) < 4.78 is 45.1. The third-order valence-electron chi connectivity index (χ3n) is 6.23. The Hall–Kier alpha value is -4.04. The molecule has 0 saturated carbocycles. The molecule has 3 N–H and O–H groups in total. The molecule has 0 unspecified atom stereocenters. The maximum absolute atomic E-state index is 13.5. The number of hydrogen-bond donors (Lipinski definition) is 3. The Morgan fingerprint density at radius 1 is 1.24 bits per heavy atom. The molecule has 5 rings (SSSR count). The van der Waals surface area contributed by atoms with Crippen LogP contribution >= 0.6 is 0 Å². The third-order valence-corrected chi connectivity index (χ3v) is 6.23. The molecule has 38 heavy (non-hydrogen) atoms. The van der Waals surface area contributed by atoms with E-state index in [2.05, 4.69) is 30.2 Å². The molecule has 2 aliphatic rings. The lowest BCUT2D eigenvalue weighted by molar-refractivity contribution is -0.137. The lowest BCUT2D eigenvalue weighted by Gasteiger charge is -2.45. The zero-order valence-corrected chi connectivity index (χ0v) is 20.0. The van der Waals surface area contributed by atoms with E-state index in [1.54, 1.807) is 0 Å². The van der Waals surface area contributed by atoms with Gasteiger partial charge in [-0.2, -0.15) is 18.2 Å². The fourth-order valence-corrected chi connectivity index (χ4v) is 4.43. The van der Waals surface area contributed by atoms with Gasteiger partial charge in [0.05, 0.1) is 30.1 Å². The molecule has 2 atom stereocenters. The molecule has 0 aliphatic carbocycles. The summed E-state index contributed by atoms with van der Waals surface area (Å²) >= 11 is 0. The second-order valence-corrected chi connectivity index (χ2v) is 8.90. The van der Waals surface area contributed by atoms with Gasteiger partial charge in [-0.3, -0.25) is 10.2 Å². The van der Waals surface area contributed by atoms with Crippen LogP contribution in [0.5, 0.6) is 6.01 Å². The summed E-state index contributed by atoms with van der Waals surface area (Å²) in [7, 11) is 0. The van der Waals surface area contributed by atoms with E-state index in [1.807, 2.05) is 0 Å². The number of anilines is 3. The molecular formula is C24H24F3N7O4. The first-order valence-corrected chi connectivity index (χ1v) is 11.9. The fourth-order valence-electron chi connectivity index (χ4n) is 4.43. The summed E-state index contributed by atoms with van der Waals surface area (Å²) in [6.45, 7) is 0.579. The highest BCUT2D eigenvalue weighted by Crippen LogP contribution is 2.39. The number of urea groups is 1. The largest absolute Gasteiger partial charge is 0.461 e. The smallest absolute Gasteiger partial charge is 0.416 e. The molecule has 0 radical (unpaired) electrons. The molecule has 4 heterocycles. The zero-order chi connectivity index (χ0) is 26.9. The number of carbonyl (C=O) groups excluding carboxylic acids is 1. The van der Waals surface area contributed by atoms with E-state index in [4.69, 9.17) is 9.84 Å². The Morgan fingerprint density at radius 2 is 2.08 bits per heavy atom. The van der Waals surface area contributed by atoms with Crippen LogP contribution in [0.15, 0.2) is 42.7 Å². The van der Waals surface area contributed by atoms with Gasteiger partial charge in [-0.25, -0.2) is 19.7 Å². The minimum Gasteiger partial charge on any atom is -0.461 e. The van der Waals surface area contributed by atoms with Crippen LogP contribution in [0.25, 0.3) is 11.4 Å². The molecule has 2 aliphatic heterocycles. The number of rotatable bonds is 6. The van der Waals surface area contributed by atoms with Crippen molar-refractivity contribution in [2.75, 3.05) is 41.4 Å². The summed E-state index contributed by atoms with van der Waals surface area (Å²) in [4.78, 5) is 33.9. The van der Waals surface area contributed by atoms with E-state index in [1.165, 1.54) is 35.5 Å². The molecule has 2 amide bonds. The number of aliphatic hydroxyl groups is 2. The van der Waals surface area contributed by atoms with Crippen molar-refractivity contribution in [2.24, 2.45) is 0 Å². The summed E-state index contributed by atoms with van der Waals surface area (Å²) in [5.74, 6) is 0.483. The number of alkyl halides is 3. The van der Waals surface area contributed by atoms with Gasteiger partial charge in [-0.1, -0.05) is 12.1 Å². The SMILES string of the molecule is O=C(Nc1ccnc(OC[C@@H](O)CO)n1)N1c2nc(-c3cccc(C(F)(F)F)c3)ncc2N2CCC[C@H]1C2. The molecule has 11 nitrogen and oxygen atoms in total. The van der Waals surface area contributed by atoms with Crippen molar-refractivity contribution in [1.82, 2.24) is 19.9 Å². The maximum atomic E-state index is 13.5. The Kier molecular flexibility index (Phi) is 6.99. The van der Waals surface area contributed by atoms with Crippen LogP contribution in [-0.4, -0.2) is 74.6 Å². The van der Waals surface area contributed by atoms with Crippen molar-refractivity contribution in [1.29, 1.82) is 0 Å². The predicted octanol–water partition coefficient (Wildman–Crippen LogP) is 2.71. The van der Waals surface area contributed by atoms with Gasteiger partial charge < -0.3 is 19.8 Å². The van der Waals surface area contributed by atoms with Gasteiger partial charge in [-0.15, -0.1) is 0 Å². The minimum atomic E-state index is -4.52. The van der Waals surface area contributed by atoms with Gasteiger partial charge in [0, 0.05) is 24.8 Å². The average molecular weight is 531 g/mol. The summed E-state index contributed by atoms with van der Waals surface area (Å²) in [5, 5.41) is 21.1. The van der Waals surface area contributed by atoms with Gasteiger partial charge in [0.1, 0.15) is 18.5 Å². The molecule has 3 aromatic rings. The summed E-state index contributed by atoms with van der Waals surface area (Å²) in [6.07, 6.45) is -1.19. The van der Waals surface area contributed by atoms with Crippen LogP contribution in [0.2, 0.25) is 0 Å². The van der Waals surface area contributed by atoms with Gasteiger partial charge in [-0.05, 0) is 31.0 Å². The Labute approximate surface area is 214 Å². The average Bonchev–Trinajstić information content (AvgIpc) is 2.91. The van der Waals surface area contributed by atoms with E-state index in [0.717, 1.165) is 25.1 Å². The molecule has 2 bridgehead atoms. The number of nitrogens with one attached hydrogen (secondary N) is 1. The van der Waals surface area contributed by atoms with E-state index in [9.17, 15) is 23.1 Å². The third kappa shape index (κ3) is 5.31. The Balaban J connectivity index is 1.44. The fraction of sp³-hybridized carbons (Fsp3) is 0.375. The van der Waals surface area contributed by atoms with Gasteiger partial charge in [0.15, 0.2) is 11.6 Å². The Morgan fingerprint density at radius 3 is 2.87 bits per heavy atom. The monoisotopic (exact) mass is 531 g/mol. The molecule has 14 heteroatoms. The zero-order valence-electron chi connectivity index (χ0n) is 20.0. The lowest BCUT2D eigenvalue weighted by Crippen LogP contribution is -2.56. The number of carbonyl (C=O) groups is 1. The number of fused-ring (bicyclic) bond motifs is 4. The standard InChI is InChI=1S/C24H24F3N7O4/c25-24(26,27)15-4-1-3-14(9-15)20-29-10-18-21(32-20)34(16-5-2-8-33(18)11-16)23(37)31-19-6-7-28-22(30-19)38-13-17(36)12-35/h1,3-4,6-7,9-10,16-17,35-36H,2,5,8,11-13H2,(H,28,30,31,37)/t16-,17-/m0/s1. The molecular weight excluding hydrogens is 507 g/mol. The van der Waals surface area contributed by atoms with Crippen LogP contribution < -0.4 is 19.9 Å². The number of ether oxygens (including phenoxy) is 1. The Bertz CT molecular complexity index is 1330. The van der Waals surface area contributed by atoms with Crippen LogP contribution in [0.3, 0.4) is 0 Å². The van der Waals surface area contributed by atoms with Crippen molar-refractivity contribution in [3.63, 3.8) is 0 Å². The quantitative estimate of drug-likeness (QED) is 0.439. The highest BCUT2D eigenvalue weighted by molar-refractivity contribution is 6.04. The van der Waals surface area contributed by atoms with Crippen molar-refractivity contribution in [3.05, 3.63) is 48.3 Å². The van der Waals surface area contributed by atoms with E-state index in [-0.39, 0.29) is 41.7 Å². The van der Waals surface area contributed by atoms with Crippen molar-refractivity contribution < 1.29 is 32.9 Å². The first-order chi connectivity index (χ1) is 18.2. The molecule has 2 aromatic heterocycles. The number of piperidine rings is 1. The second-order valence-electron chi connectivity index (χ2n) is 8.90. The van der Waals surface area contributed by atoms with Crippen LogP contribution in [0, 0.1) is 0 Å². The van der Waals surface area contributed by atoms with Crippen molar-refractivity contribution in [2.45, 2.75) is 31.2 Å². The first kappa shape index (κ1) is 25.6. The number of aliphatic hydroxyl groups excluding tert-OH is 2. The molecule has 1 fully saturated rings. The second kappa shape index (κ2) is 10.4. The van der Waals surface area contributed by atoms with Gasteiger partial charge in [0.2, 0.25) is 0 Å².